The van der Waals surface area contributed by atoms with Gasteiger partial charge in [0.25, 0.3) is 0 Å². The van der Waals surface area contributed by atoms with Crippen LogP contribution >= 0.6 is 0 Å². The Kier molecular flexibility index (Phi) is 6.30. The number of nitrogens with zero attached hydrogens (tertiary/aromatic N) is 2. The van der Waals surface area contributed by atoms with Crippen LogP contribution in [0.4, 0.5) is 0 Å². The predicted molar refractivity (Wildman–Crippen MR) is 74.5 cm³/mol. The van der Waals surface area contributed by atoms with Gasteiger partial charge in [0.15, 0.2) is 0 Å². The van der Waals surface area contributed by atoms with Crippen LogP contribution in [-0.2, 0) is 9.53 Å². The first kappa shape index (κ1) is 16.0. The van der Waals surface area contributed by atoms with Crippen LogP contribution in [0.5, 0.6) is 0 Å². The van der Waals surface area contributed by atoms with Crippen molar-refractivity contribution in [3.05, 3.63) is 0 Å². The molecule has 108 valence electrons. The van der Waals surface area contributed by atoms with Crippen LogP contribution in [0.1, 0.15) is 52.9 Å². The molecule has 1 amide bonds. The second-order valence-corrected chi connectivity index (χ2v) is 5.35. The summed E-state index contributed by atoms with van der Waals surface area (Å²) in [5, 5.41) is 9.53. The molecule has 4 nitrogen and oxygen atoms in total. The lowest BCUT2D eigenvalue weighted by Gasteiger charge is -2.37. The van der Waals surface area contributed by atoms with Crippen molar-refractivity contribution >= 4 is 5.91 Å². The molecule has 1 aliphatic heterocycles. The zero-order valence-corrected chi connectivity index (χ0v) is 12.4. The van der Waals surface area contributed by atoms with Gasteiger partial charge in [-0.05, 0) is 19.3 Å². The number of morpholine rings is 1. The summed E-state index contributed by atoms with van der Waals surface area (Å²) >= 11 is 0. The topological polar surface area (TPSA) is 53.3 Å². The molecule has 0 aromatic carbocycles. The number of amides is 1. The van der Waals surface area contributed by atoms with E-state index in [1.54, 1.807) is 0 Å². The van der Waals surface area contributed by atoms with Gasteiger partial charge in [-0.3, -0.25) is 4.79 Å². The first-order valence-corrected chi connectivity index (χ1v) is 7.45. The van der Waals surface area contributed by atoms with E-state index in [1.807, 2.05) is 18.7 Å². The number of carbonyl (C=O) groups is 1. The van der Waals surface area contributed by atoms with E-state index in [2.05, 4.69) is 13.0 Å². The molecule has 0 aromatic heterocycles. The van der Waals surface area contributed by atoms with Crippen molar-refractivity contribution in [2.24, 2.45) is 5.41 Å². The lowest BCUT2D eigenvalue weighted by molar-refractivity contribution is -0.147. The molecule has 1 atom stereocenters. The van der Waals surface area contributed by atoms with Gasteiger partial charge in [-0.2, -0.15) is 5.26 Å². The fraction of sp³-hybridized carbons (Fsp3) is 0.867. The number of nitriles is 1. The summed E-state index contributed by atoms with van der Waals surface area (Å²) in [6.45, 7) is 7.96. The third kappa shape index (κ3) is 3.70. The average molecular weight is 266 g/mol. The third-order valence-electron chi connectivity index (χ3n) is 3.86. The summed E-state index contributed by atoms with van der Waals surface area (Å²) in [6.07, 6.45) is 4.07. The Morgan fingerprint density at radius 3 is 2.47 bits per heavy atom. The highest BCUT2D eigenvalue weighted by atomic mass is 16.5. The van der Waals surface area contributed by atoms with Gasteiger partial charge in [0, 0.05) is 13.1 Å². The maximum absolute atomic E-state index is 12.7. The Labute approximate surface area is 116 Å². The van der Waals surface area contributed by atoms with Gasteiger partial charge in [0.05, 0.1) is 18.8 Å². The molecule has 1 fully saturated rings. The number of hydrogen-bond acceptors (Lipinski definition) is 3. The number of rotatable bonds is 6. The van der Waals surface area contributed by atoms with E-state index >= 15 is 0 Å². The molecule has 0 N–H and O–H groups in total. The summed E-state index contributed by atoms with van der Waals surface area (Å²) in [7, 11) is 0. The molecule has 1 rings (SSSR count). The normalized spacial score (nSPS) is 20.1. The second kappa shape index (κ2) is 7.49. The van der Waals surface area contributed by atoms with Crippen LogP contribution in [-0.4, -0.2) is 36.6 Å². The van der Waals surface area contributed by atoms with Gasteiger partial charge in [-0.15, -0.1) is 0 Å². The lowest BCUT2D eigenvalue weighted by Crippen LogP contribution is -2.51. The van der Waals surface area contributed by atoms with Gasteiger partial charge < -0.3 is 9.64 Å². The van der Waals surface area contributed by atoms with Crippen molar-refractivity contribution in [2.75, 3.05) is 19.7 Å². The molecule has 0 saturated carbocycles. The van der Waals surface area contributed by atoms with E-state index in [-0.39, 0.29) is 12.0 Å². The highest BCUT2D eigenvalue weighted by Gasteiger charge is 2.41. The molecule has 1 aliphatic rings. The molecule has 0 aliphatic carbocycles. The monoisotopic (exact) mass is 266 g/mol. The summed E-state index contributed by atoms with van der Waals surface area (Å²) in [5.41, 5.74) is -0.820. The Hall–Kier alpha value is -1.08. The first-order valence-electron chi connectivity index (χ1n) is 7.45. The average Bonchev–Trinajstić information content (AvgIpc) is 2.46. The Bertz CT molecular complexity index is 330. The second-order valence-electron chi connectivity index (χ2n) is 5.35. The zero-order valence-electron chi connectivity index (χ0n) is 12.4. The fourth-order valence-corrected chi connectivity index (χ4v) is 2.81. The minimum atomic E-state index is -0.820. The third-order valence-corrected chi connectivity index (χ3v) is 3.86. The molecule has 4 heteroatoms. The van der Waals surface area contributed by atoms with Gasteiger partial charge in [-0.25, -0.2) is 0 Å². The molecule has 1 unspecified atom stereocenters. The fourth-order valence-electron chi connectivity index (χ4n) is 2.81. The van der Waals surface area contributed by atoms with Crippen LogP contribution in [0.15, 0.2) is 0 Å². The smallest absolute Gasteiger partial charge is 0.243 e. The largest absolute Gasteiger partial charge is 0.375 e. The minimum Gasteiger partial charge on any atom is -0.375 e. The number of ether oxygens (including phenoxy) is 1. The molecule has 19 heavy (non-hydrogen) atoms. The zero-order chi connectivity index (χ0) is 14.3. The highest BCUT2D eigenvalue weighted by Crippen LogP contribution is 2.32. The van der Waals surface area contributed by atoms with E-state index in [4.69, 9.17) is 4.74 Å². The molecule has 0 bridgehead atoms. The first-order chi connectivity index (χ1) is 9.13. The SMILES string of the molecule is CCCC(C#N)(CCC)C(=O)N1CCOC(CC)C1. The lowest BCUT2D eigenvalue weighted by atomic mass is 9.79. The van der Waals surface area contributed by atoms with Gasteiger partial charge in [0.1, 0.15) is 5.41 Å². The Balaban J connectivity index is 2.83. The van der Waals surface area contributed by atoms with Crippen molar-refractivity contribution in [1.82, 2.24) is 4.90 Å². The van der Waals surface area contributed by atoms with Crippen molar-refractivity contribution in [2.45, 2.75) is 59.0 Å². The standard InChI is InChI=1S/C15H26N2O2/c1-4-7-15(12-16,8-5-2)14(18)17-9-10-19-13(6-3)11-17/h13H,4-11H2,1-3H3. The van der Waals surface area contributed by atoms with E-state index < -0.39 is 5.41 Å². The molecule has 0 spiro atoms. The van der Waals surface area contributed by atoms with Crippen LogP contribution < -0.4 is 0 Å². The van der Waals surface area contributed by atoms with E-state index in [9.17, 15) is 10.1 Å². The van der Waals surface area contributed by atoms with Crippen LogP contribution in [0.2, 0.25) is 0 Å². The maximum atomic E-state index is 12.7. The molecular weight excluding hydrogens is 240 g/mol. The van der Waals surface area contributed by atoms with Crippen molar-refractivity contribution < 1.29 is 9.53 Å². The van der Waals surface area contributed by atoms with Gasteiger partial charge >= 0.3 is 0 Å². The quantitative estimate of drug-likeness (QED) is 0.742. The summed E-state index contributed by atoms with van der Waals surface area (Å²) in [5.74, 6) is 0.0143. The van der Waals surface area contributed by atoms with E-state index in [1.165, 1.54) is 0 Å². The van der Waals surface area contributed by atoms with E-state index in [0.717, 1.165) is 19.3 Å². The summed E-state index contributed by atoms with van der Waals surface area (Å²) in [4.78, 5) is 14.6. The van der Waals surface area contributed by atoms with Crippen LogP contribution in [0, 0.1) is 16.7 Å². The summed E-state index contributed by atoms with van der Waals surface area (Å²) in [6, 6.07) is 2.32. The summed E-state index contributed by atoms with van der Waals surface area (Å²) < 4.78 is 5.60. The maximum Gasteiger partial charge on any atom is 0.243 e. The van der Waals surface area contributed by atoms with Crippen LogP contribution in [0.25, 0.3) is 0 Å². The van der Waals surface area contributed by atoms with Crippen molar-refractivity contribution in [3.8, 4) is 6.07 Å². The molecule has 0 radical (unpaired) electrons. The number of carbonyl (C=O) groups excluding carboxylic acids is 1. The predicted octanol–water partition coefficient (Wildman–Crippen LogP) is 2.73. The Morgan fingerprint density at radius 1 is 1.37 bits per heavy atom. The van der Waals surface area contributed by atoms with Gasteiger partial charge in [-0.1, -0.05) is 33.6 Å². The van der Waals surface area contributed by atoms with Crippen LogP contribution in [0.3, 0.4) is 0 Å². The van der Waals surface area contributed by atoms with Crippen molar-refractivity contribution in [1.29, 1.82) is 5.26 Å². The van der Waals surface area contributed by atoms with Crippen molar-refractivity contribution in [3.63, 3.8) is 0 Å². The molecular formula is C15H26N2O2. The molecule has 0 aromatic rings. The molecule has 1 saturated heterocycles. The van der Waals surface area contributed by atoms with Gasteiger partial charge in [0.2, 0.25) is 5.91 Å². The Morgan fingerprint density at radius 2 is 2.00 bits per heavy atom. The number of hydrogen-bond donors (Lipinski definition) is 0. The highest BCUT2D eigenvalue weighted by molar-refractivity contribution is 5.85. The molecule has 1 heterocycles. The van der Waals surface area contributed by atoms with E-state index in [0.29, 0.717) is 32.5 Å². The minimum absolute atomic E-state index is 0.0143.